The van der Waals surface area contributed by atoms with Crippen molar-refractivity contribution in [3.8, 4) is 0 Å². The van der Waals surface area contributed by atoms with Gasteiger partial charge in [-0.1, -0.05) is 0 Å². The van der Waals surface area contributed by atoms with Crippen molar-refractivity contribution < 1.29 is 19.8 Å². The molecule has 7 heteroatoms. The second kappa shape index (κ2) is 5.80. The molecule has 0 aromatic carbocycles. The summed E-state index contributed by atoms with van der Waals surface area (Å²) in [7, 11) is 0. The fourth-order valence-corrected chi connectivity index (χ4v) is 1.14. The molecule has 7 nitrogen and oxygen atoms in total. The van der Waals surface area contributed by atoms with Gasteiger partial charge in [-0.05, 0) is 12.1 Å². The number of carboxylic acids is 1. The SMILES string of the molecule is Nc1ccc(CC(=O)NC(CO)C(=O)O)nc1. The number of nitrogens with two attached hydrogens (primary N) is 1. The number of aliphatic hydroxyl groups excluding tert-OH is 1. The van der Waals surface area contributed by atoms with Crippen molar-refractivity contribution in [2.75, 3.05) is 12.3 Å². The Labute approximate surface area is 97.3 Å². The Morgan fingerprint density at radius 1 is 1.47 bits per heavy atom. The molecule has 0 bridgehead atoms. The summed E-state index contributed by atoms with van der Waals surface area (Å²) >= 11 is 0. The van der Waals surface area contributed by atoms with Crippen LogP contribution in [-0.2, 0) is 16.0 Å². The van der Waals surface area contributed by atoms with Gasteiger partial charge in [0, 0.05) is 5.69 Å². The van der Waals surface area contributed by atoms with Crippen LogP contribution in [0.15, 0.2) is 18.3 Å². The van der Waals surface area contributed by atoms with Gasteiger partial charge in [-0.2, -0.15) is 0 Å². The first-order valence-corrected chi connectivity index (χ1v) is 4.86. The highest BCUT2D eigenvalue weighted by molar-refractivity contribution is 5.84. The number of nitrogens with zero attached hydrogens (tertiary/aromatic N) is 1. The number of hydrogen-bond donors (Lipinski definition) is 4. The average molecular weight is 239 g/mol. The number of aliphatic carboxylic acids is 1. The standard InChI is InChI=1S/C10H13N3O4/c11-6-1-2-7(12-4-6)3-9(15)13-8(5-14)10(16)17/h1-2,4,8,14H,3,5,11H2,(H,13,15)(H,16,17). The Morgan fingerprint density at radius 3 is 2.65 bits per heavy atom. The van der Waals surface area contributed by atoms with Crippen molar-refractivity contribution in [1.29, 1.82) is 0 Å². The van der Waals surface area contributed by atoms with Crippen LogP contribution < -0.4 is 11.1 Å². The van der Waals surface area contributed by atoms with Gasteiger partial charge in [0.1, 0.15) is 6.04 Å². The van der Waals surface area contributed by atoms with Gasteiger partial charge >= 0.3 is 5.97 Å². The van der Waals surface area contributed by atoms with Gasteiger partial charge in [0.2, 0.25) is 5.91 Å². The van der Waals surface area contributed by atoms with E-state index in [0.29, 0.717) is 11.4 Å². The number of hydrogen-bond acceptors (Lipinski definition) is 5. The minimum atomic E-state index is -1.30. The molecule has 1 amide bonds. The van der Waals surface area contributed by atoms with E-state index in [4.69, 9.17) is 15.9 Å². The summed E-state index contributed by atoms with van der Waals surface area (Å²) < 4.78 is 0. The zero-order valence-corrected chi connectivity index (χ0v) is 8.96. The topological polar surface area (TPSA) is 126 Å². The molecule has 1 atom stereocenters. The minimum Gasteiger partial charge on any atom is -0.480 e. The molecule has 0 saturated carbocycles. The third kappa shape index (κ3) is 4.07. The van der Waals surface area contributed by atoms with E-state index in [9.17, 15) is 9.59 Å². The van der Waals surface area contributed by atoms with Crippen molar-refractivity contribution in [2.24, 2.45) is 0 Å². The maximum Gasteiger partial charge on any atom is 0.328 e. The number of nitrogens with one attached hydrogen (secondary N) is 1. The fraction of sp³-hybridized carbons (Fsp3) is 0.300. The Hall–Kier alpha value is -2.15. The van der Waals surface area contributed by atoms with Crippen LogP contribution in [-0.4, -0.2) is 39.7 Å². The number of carbonyl (C=O) groups excluding carboxylic acids is 1. The first kappa shape index (κ1) is 12.9. The molecule has 1 unspecified atom stereocenters. The minimum absolute atomic E-state index is 0.0654. The van der Waals surface area contributed by atoms with Crippen molar-refractivity contribution in [3.05, 3.63) is 24.0 Å². The highest BCUT2D eigenvalue weighted by Crippen LogP contribution is 2.01. The lowest BCUT2D eigenvalue weighted by Gasteiger charge is -2.11. The maximum absolute atomic E-state index is 11.4. The molecule has 0 fully saturated rings. The van der Waals surface area contributed by atoms with Gasteiger partial charge in [-0.3, -0.25) is 9.78 Å². The molecule has 1 aromatic heterocycles. The molecule has 5 N–H and O–H groups in total. The van der Waals surface area contributed by atoms with Crippen molar-refractivity contribution >= 4 is 17.6 Å². The molecule has 0 spiro atoms. The average Bonchev–Trinajstić information content (AvgIpc) is 2.28. The van der Waals surface area contributed by atoms with Crippen LogP contribution in [0.1, 0.15) is 5.69 Å². The zero-order valence-electron chi connectivity index (χ0n) is 8.96. The summed E-state index contributed by atoms with van der Waals surface area (Å²) in [6, 6.07) is 1.87. The predicted molar refractivity (Wildman–Crippen MR) is 59.0 cm³/mol. The van der Waals surface area contributed by atoms with Gasteiger partial charge in [0.25, 0.3) is 0 Å². The number of pyridine rings is 1. The molecule has 1 rings (SSSR count). The van der Waals surface area contributed by atoms with Crippen LogP contribution in [0.3, 0.4) is 0 Å². The molecule has 17 heavy (non-hydrogen) atoms. The lowest BCUT2D eigenvalue weighted by molar-refractivity contribution is -0.142. The van der Waals surface area contributed by atoms with Crippen molar-refractivity contribution in [3.63, 3.8) is 0 Å². The number of aliphatic hydroxyl groups is 1. The Bertz CT molecular complexity index is 405. The summed E-state index contributed by atoms with van der Waals surface area (Å²) in [5.74, 6) is -1.81. The highest BCUT2D eigenvalue weighted by Gasteiger charge is 2.18. The fourth-order valence-electron chi connectivity index (χ4n) is 1.14. The number of carboxylic acid groups (broad SMARTS) is 1. The molecule has 1 aromatic rings. The molecule has 0 saturated heterocycles. The molecule has 0 aliphatic heterocycles. The highest BCUT2D eigenvalue weighted by atomic mass is 16.4. The summed E-state index contributed by atoms with van der Waals surface area (Å²) in [6.07, 6.45) is 1.34. The van der Waals surface area contributed by atoms with Gasteiger partial charge in [0.05, 0.1) is 24.9 Å². The predicted octanol–water partition coefficient (Wildman–Crippen LogP) is -1.23. The molecule has 0 radical (unpaired) electrons. The Balaban J connectivity index is 2.54. The van der Waals surface area contributed by atoms with E-state index >= 15 is 0 Å². The molecule has 1 heterocycles. The van der Waals surface area contributed by atoms with E-state index in [1.165, 1.54) is 6.20 Å². The van der Waals surface area contributed by atoms with Crippen LogP contribution in [0.4, 0.5) is 5.69 Å². The number of aromatic nitrogens is 1. The van der Waals surface area contributed by atoms with Crippen LogP contribution in [0, 0.1) is 0 Å². The van der Waals surface area contributed by atoms with E-state index in [1.807, 2.05) is 0 Å². The van der Waals surface area contributed by atoms with E-state index < -0.39 is 24.5 Å². The van der Waals surface area contributed by atoms with Crippen LogP contribution in [0.2, 0.25) is 0 Å². The third-order valence-corrected chi connectivity index (χ3v) is 2.01. The number of anilines is 1. The molecular weight excluding hydrogens is 226 g/mol. The quantitative estimate of drug-likeness (QED) is 0.509. The Kier molecular flexibility index (Phi) is 4.41. The lowest BCUT2D eigenvalue weighted by Crippen LogP contribution is -2.44. The Morgan fingerprint density at radius 2 is 2.18 bits per heavy atom. The van der Waals surface area contributed by atoms with Gasteiger partial charge in [-0.25, -0.2) is 4.79 Å². The molecule has 0 aliphatic carbocycles. The molecule has 0 aliphatic rings. The van der Waals surface area contributed by atoms with Gasteiger partial charge in [-0.15, -0.1) is 0 Å². The summed E-state index contributed by atoms with van der Waals surface area (Å²) in [5.41, 5.74) is 6.38. The zero-order chi connectivity index (χ0) is 12.8. The van der Waals surface area contributed by atoms with Crippen molar-refractivity contribution in [1.82, 2.24) is 10.3 Å². The first-order chi connectivity index (χ1) is 8.02. The van der Waals surface area contributed by atoms with Crippen LogP contribution in [0.25, 0.3) is 0 Å². The monoisotopic (exact) mass is 239 g/mol. The summed E-state index contributed by atoms with van der Waals surface area (Å²) in [5, 5.41) is 19.5. The van der Waals surface area contributed by atoms with Crippen LogP contribution >= 0.6 is 0 Å². The maximum atomic E-state index is 11.4. The number of amides is 1. The van der Waals surface area contributed by atoms with E-state index in [0.717, 1.165) is 0 Å². The van der Waals surface area contributed by atoms with E-state index in [2.05, 4.69) is 10.3 Å². The third-order valence-electron chi connectivity index (χ3n) is 2.01. The molecular formula is C10H13N3O4. The summed E-state index contributed by atoms with van der Waals surface area (Å²) in [6.45, 7) is -0.657. The smallest absolute Gasteiger partial charge is 0.328 e. The van der Waals surface area contributed by atoms with E-state index in [-0.39, 0.29) is 6.42 Å². The van der Waals surface area contributed by atoms with Crippen molar-refractivity contribution in [2.45, 2.75) is 12.5 Å². The normalized spacial score (nSPS) is 11.8. The van der Waals surface area contributed by atoms with E-state index in [1.54, 1.807) is 12.1 Å². The first-order valence-electron chi connectivity index (χ1n) is 4.86. The second-order valence-corrected chi connectivity index (χ2v) is 3.40. The lowest BCUT2D eigenvalue weighted by atomic mass is 10.2. The second-order valence-electron chi connectivity index (χ2n) is 3.40. The summed E-state index contributed by atoms with van der Waals surface area (Å²) in [4.78, 5) is 25.9. The molecule has 92 valence electrons. The van der Waals surface area contributed by atoms with Gasteiger partial charge < -0.3 is 21.3 Å². The number of carbonyl (C=O) groups is 2. The van der Waals surface area contributed by atoms with Crippen LogP contribution in [0.5, 0.6) is 0 Å². The number of nitrogen functional groups attached to an aromatic ring is 1. The number of rotatable bonds is 5. The van der Waals surface area contributed by atoms with Gasteiger partial charge in [0.15, 0.2) is 0 Å². The largest absolute Gasteiger partial charge is 0.480 e.